The molecule has 6 heteroatoms. The number of nitrogens with zero attached hydrogens (tertiary/aromatic N) is 2. The van der Waals surface area contributed by atoms with Gasteiger partial charge in [-0.3, -0.25) is 10.1 Å². The number of amides is 1. The molecule has 2 heterocycles. The van der Waals surface area contributed by atoms with Gasteiger partial charge in [0.15, 0.2) is 0 Å². The fraction of sp³-hybridized carbons (Fsp3) is 0.667. The molecule has 1 saturated carbocycles. The minimum Gasteiger partial charge on any atom is -0.353 e. The zero-order valence-electron chi connectivity index (χ0n) is 12.3. The van der Waals surface area contributed by atoms with E-state index in [0.29, 0.717) is 17.4 Å². The first-order valence-electron chi connectivity index (χ1n) is 7.61. The second kappa shape index (κ2) is 5.89. The molecule has 1 aromatic heterocycles. The van der Waals surface area contributed by atoms with Gasteiger partial charge in [0.05, 0.1) is 6.04 Å². The van der Waals surface area contributed by atoms with Crippen LogP contribution in [0.5, 0.6) is 0 Å². The Labute approximate surface area is 129 Å². The van der Waals surface area contributed by atoms with Crippen LogP contribution in [0.2, 0.25) is 5.15 Å². The van der Waals surface area contributed by atoms with Crippen molar-refractivity contribution in [3.8, 4) is 0 Å². The molecule has 114 valence electrons. The summed E-state index contributed by atoms with van der Waals surface area (Å²) in [4.78, 5) is 20.4. The molecule has 0 aromatic carbocycles. The minimum absolute atomic E-state index is 0.0941. The van der Waals surface area contributed by atoms with E-state index in [1.54, 1.807) is 6.20 Å². The molecule has 2 N–H and O–H groups in total. The molecule has 1 aliphatic heterocycles. The molecule has 0 radical (unpaired) electrons. The van der Waals surface area contributed by atoms with E-state index in [-0.39, 0.29) is 17.5 Å². The molecule has 0 bridgehead atoms. The molecule has 21 heavy (non-hydrogen) atoms. The van der Waals surface area contributed by atoms with Crippen molar-refractivity contribution in [2.45, 2.75) is 57.0 Å². The SMILES string of the molecule is Cc1ncc(CCC2NC3(CCCC3)CNC2=O)c(Cl)n1. The zero-order chi connectivity index (χ0) is 14.9. The van der Waals surface area contributed by atoms with Crippen molar-refractivity contribution in [3.05, 3.63) is 22.7 Å². The second-order valence-electron chi connectivity index (χ2n) is 6.17. The number of rotatable bonds is 3. The van der Waals surface area contributed by atoms with Crippen molar-refractivity contribution < 1.29 is 4.79 Å². The van der Waals surface area contributed by atoms with Crippen molar-refractivity contribution >= 4 is 17.5 Å². The molecule has 1 unspecified atom stereocenters. The van der Waals surface area contributed by atoms with Crippen LogP contribution in [-0.2, 0) is 11.2 Å². The molecule has 5 nitrogen and oxygen atoms in total. The van der Waals surface area contributed by atoms with Gasteiger partial charge in [-0.1, -0.05) is 24.4 Å². The molecule has 1 aromatic rings. The zero-order valence-corrected chi connectivity index (χ0v) is 13.0. The summed E-state index contributed by atoms with van der Waals surface area (Å²) in [5.74, 6) is 0.763. The molecule has 2 fully saturated rings. The highest BCUT2D eigenvalue weighted by atomic mass is 35.5. The van der Waals surface area contributed by atoms with E-state index in [0.717, 1.165) is 31.4 Å². The van der Waals surface area contributed by atoms with E-state index in [4.69, 9.17) is 11.6 Å². The summed E-state index contributed by atoms with van der Waals surface area (Å²) in [6.45, 7) is 2.58. The Bertz CT molecular complexity index is 542. The number of carbonyl (C=O) groups excluding carboxylic acids is 1. The number of hydrogen-bond acceptors (Lipinski definition) is 4. The third kappa shape index (κ3) is 3.19. The summed E-state index contributed by atoms with van der Waals surface area (Å²) >= 11 is 6.13. The van der Waals surface area contributed by atoms with Crippen LogP contribution in [0.3, 0.4) is 0 Å². The molecule has 1 aliphatic carbocycles. The predicted molar refractivity (Wildman–Crippen MR) is 81.2 cm³/mol. The van der Waals surface area contributed by atoms with E-state index in [1.165, 1.54) is 12.8 Å². The molecule has 3 rings (SSSR count). The van der Waals surface area contributed by atoms with Crippen LogP contribution in [0.4, 0.5) is 0 Å². The maximum atomic E-state index is 12.1. The fourth-order valence-corrected chi connectivity index (χ4v) is 3.64. The maximum Gasteiger partial charge on any atom is 0.237 e. The number of halogens is 1. The van der Waals surface area contributed by atoms with Crippen LogP contribution in [-0.4, -0.2) is 34.0 Å². The lowest BCUT2D eigenvalue weighted by Crippen LogP contribution is -2.65. The van der Waals surface area contributed by atoms with Gasteiger partial charge in [-0.15, -0.1) is 0 Å². The Hall–Kier alpha value is -1.20. The lowest BCUT2D eigenvalue weighted by atomic mass is 9.91. The summed E-state index contributed by atoms with van der Waals surface area (Å²) in [6, 6.07) is -0.144. The van der Waals surface area contributed by atoms with Crippen molar-refractivity contribution in [2.75, 3.05) is 6.54 Å². The largest absolute Gasteiger partial charge is 0.353 e. The van der Waals surface area contributed by atoms with Gasteiger partial charge in [0.2, 0.25) is 5.91 Å². The molecule has 1 saturated heterocycles. The summed E-state index contributed by atoms with van der Waals surface area (Å²) in [6.07, 6.45) is 7.98. The van der Waals surface area contributed by atoms with Gasteiger partial charge in [-0.25, -0.2) is 9.97 Å². The topological polar surface area (TPSA) is 66.9 Å². The highest BCUT2D eigenvalue weighted by Gasteiger charge is 2.41. The van der Waals surface area contributed by atoms with Gasteiger partial charge in [-0.2, -0.15) is 0 Å². The summed E-state index contributed by atoms with van der Waals surface area (Å²) in [7, 11) is 0. The van der Waals surface area contributed by atoms with Gasteiger partial charge < -0.3 is 5.32 Å². The first-order valence-corrected chi connectivity index (χ1v) is 7.99. The van der Waals surface area contributed by atoms with Crippen LogP contribution in [0.25, 0.3) is 0 Å². The summed E-state index contributed by atoms with van der Waals surface area (Å²) < 4.78 is 0. The third-order valence-electron chi connectivity index (χ3n) is 4.59. The van der Waals surface area contributed by atoms with Gasteiger partial charge in [0.25, 0.3) is 0 Å². The number of piperazine rings is 1. The van der Waals surface area contributed by atoms with Gasteiger partial charge in [-0.05, 0) is 32.6 Å². The van der Waals surface area contributed by atoms with E-state index >= 15 is 0 Å². The molecule has 1 atom stereocenters. The molecular weight excluding hydrogens is 288 g/mol. The monoisotopic (exact) mass is 308 g/mol. The molecular formula is C15H21ClN4O. The average Bonchev–Trinajstić information content (AvgIpc) is 2.90. The van der Waals surface area contributed by atoms with Crippen molar-refractivity contribution in [2.24, 2.45) is 0 Å². The third-order valence-corrected chi connectivity index (χ3v) is 4.92. The summed E-state index contributed by atoms with van der Waals surface area (Å²) in [5.41, 5.74) is 1.02. The Balaban J connectivity index is 1.64. The lowest BCUT2D eigenvalue weighted by Gasteiger charge is -2.39. The smallest absolute Gasteiger partial charge is 0.237 e. The number of aromatic nitrogens is 2. The van der Waals surface area contributed by atoms with Crippen molar-refractivity contribution in [3.63, 3.8) is 0 Å². The minimum atomic E-state index is -0.144. The Morgan fingerprint density at radius 2 is 2.19 bits per heavy atom. The van der Waals surface area contributed by atoms with Crippen LogP contribution in [0.1, 0.15) is 43.5 Å². The highest BCUT2D eigenvalue weighted by Crippen LogP contribution is 2.31. The van der Waals surface area contributed by atoms with Crippen LogP contribution < -0.4 is 10.6 Å². The van der Waals surface area contributed by atoms with E-state index in [2.05, 4.69) is 20.6 Å². The quantitative estimate of drug-likeness (QED) is 0.835. The first-order chi connectivity index (χ1) is 10.1. The number of hydrogen-bond donors (Lipinski definition) is 2. The van der Waals surface area contributed by atoms with Crippen LogP contribution in [0, 0.1) is 6.92 Å². The fourth-order valence-electron chi connectivity index (χ4n) is 3.38. The van der Waals surface area contributed by atoms with Gasteiger partial charge in [0.1, 0.15) is 11.0 Å². The predicted octanol–water partition coefficient (Wildman–Crippen LogP) is 1.77. The lowest BCUT2D eigenvalue weighted by molar-refractivity contribution is -0.126. The molecule has 2 aliphatic rings. The van der Waals surface area contributed by atoms with Crippen molar-refractivity contribution in [1.29, 1.82) is 0 Å². The average molecular weight is 309 g/mol. The van der Waals surface area contributed by atoms with Crippen LogP contribution >= 0.6 is 11.6 Å². The van der Waals surface area contributed by atoms with E-state index in [9.17, 15) is 4.79 Å². The number of aryl methyl sites for hydroxylation is 2. The van der Waals surface area contributed by atoms with Gasteiger partial charge in [0, 0.05) is 23.8 Å². The Morgan fingerprint density at radius 1 is 1.43 bits per heavy atom. The summed E-state index contributed by atoms with van der Waals surface area (Å²) in [5, 5.41) is 7.14. The Kier molecular flexibility index (Phi) is 4.13. The maximum absolute atomic E-state index is 12.1. The first kappa shape index (κ1) is 14.7. The van der Waals surface area contributed by atoms with Crippen molar-refractivity contribution in [1.82, 2.24) is 20.6 Å². The van der Waals surface area contributed by atoms with Gasteiger partial charge >= 0.3 is 0 Å². The normalized spacial score (nSPS) is 24.3. The van der Waals surface area contributed by atoms with Crippen LogP contribution in [0.15, 0.2) is 6.20 Å². The molecule has 1 spiro atoms. The van der Waals surface area contributed by atoms with E-state index < -0.39 is 0 Å². The van der Waals surface area contributed by atoms with E-state index in [1.807, 2.05) is 6.92 Å². The second-order valence-corrected chi connectivity index (χ2v) is 6.53. The Morgan fingerprint density at radius 3 is 2.90 bits per heavy atom. The highest BCUT2D eigenvalue weighted by molar-refractivity contribution is 6.30. The number of carbonyl (C=O) groups is 1. The molecule has 1 amide bonds. The number of nitrogens with one attached hydrogen (secondary N) is 2. The standard InChI is InChI=1S/C15H21ClN4O/c1-10-17-8-11(13(16)19-10)4-5-12-14(21)18-9-15(20-12)6-2-3-7-15/h8,12,20H,2-7,9H2,1H3,(H,18,21).